The molecule has 3 rings (SSSR count). The molecule has 2 aliphatic rings. The van der Waals surface area contributed by atoms with Crippen LogP contribution in [0.4, 0.5) is 10.5 Å². The molecule has 6 nitrogen and oxygen atoms in total. The van der Waals surface area contributed by atoms with Gasteiger partial charge in [-0.1, -0.05) is 25.7 Å². The normalized spacial score (nSPS) is 20.9. The number of nitrogens with zero attached hydrogens (tertiary/aromatic N) is 2. The third-order valence-corrected chi connectivity index (χ3v) is 4.87. The molecule has 1 aromatic heterocycles. The molecule has 23 heavy (non-hydrogen) atoms. The van der Waals surface area contributed by atoms with Crippen LogP contribution in [-0.4, -0.2) is 35.1 Å². The van der Waals surface area contributed by atoms with Gasteiger partial charge in [-0.3, -0.25) is 4.68 Å². The largest absolute Gasteiger partial charge is 0.381 e. The Morgan fingerprint density at radius 2 is 1.91 bits per heavy atom. The first kappa shape index (κ1) is 16.3. The monoisotopic (exact) mass is 320 g/mol. The third-order valence-electron chi connectivity index (χ3n) is 4.87. The van der Waals surface area contributed by atoms with Crippen LogP contribution < -0.4 is 10.6 Å². The molecule has 2 N–H and O–H groups in total. The van der Waals surface area contributed by atoms with E-state index in [4.69, 9.17) is 4.74 Å². The number of ether oxygens (including phenoxy) is 1. The first-order valence-corrected chi connectivity index (χ1v) is 8.97. The Balaban J connectivity index is 1.44. The van der Waals surface area contributed by atoms with Gasteiger partial charge in [-0.05, 0) is 31.6 Å². The molecule has 128 valence electrons. The van der Waals surface area contributed by atoms with Gasteiger partial charge in [-0.15, -0.1) is 0 Å². The average molecular weight is 320 g/mol. The van der Waals surface area contributed by atoms with E-state index in [2.05, 4.69) is 15.7 Å². The SMILES string of the molecule is O=C(Nc1cnn(CC2CCOCC2)c1)NC1CCCCCC1. The summed E-state index contributed by atoms with van der Waals surface area (Å²) in [6, 6.07) is 0.206. The fourth-order valence-corrected chi connectivity index (χ4v) is 3.50. The second kappa shape index (κ2) is 8.34. The summed E-state index contributed by atoms with van der Waals surface area (Å²) in [4.78, 5) is 12.1. The standard InChI is InChI=1S/C17H28N4O2/c22-17(19-15-5-3-1-2-4-6-15)20-16-11-18-21(13-16)12-14-7-9-23-10-8-14/h11,13-15H,1-10,12H2,(H2,19,20,22). The van der Waals surface area contributed by atoms with E-state index in [0.717, 1.165) is 51.1 Å². The molecule has 1 saturated heterocycles. The fourth-order valence-electron chi connectivity index (χ4n) is 3.50. The van der Waals surface area contributed by atoms with E-state index < -0.39 is 0 Å². The number of anilines is 1. The van der Waals surface area contributed by atoms with Gasteiger partial charge in [0.05, 0.1) is 11.9 Å². The molecule has 1 aliphatic heterocycles. The van der Waals surface area contributed by atoms with Gasteiger partial charge in [-0.2, -0.15) is 5.10 Å². The van der Waals surface area contributed by atoms with E-state index in [0.29, 0.717) is 12.0 Å². The van der Waals surface area contributed by atoms with Gasteiger partial charge in [-0.25, -0.2) is 4.79 Å². The van der Waals surface area contributed by atoms with Crippen LogP contribution in [0.3, 0.4) is 0 Å². The summed E-state index contributed by atoms with van der Waals surface area (Å²) >= 11 is 0. The van der Waals surface area contributed by atoms with Crippen LogP contribution in [-0.2, 0) is 11.3 Å². The van der Waals surface area contributed by atoms with Gasteiger partial charge in [0.1, 0.15) is 0 Å². The Morgan fingerprint density at radius 3 is 2.65 bits per heavy atom. The summed E-state index contributed by atoms with van der Waals surface area (Å²) in [6.07, 6.45) is 13.0. The molecule has 2 heterocycles. The van der Waals surface area contributed by atoms with Crippen LogP contribution in [0.2, 0.25) is 0 Å². The molecule has 0 aromatic carbocycles. The van der Waals surface area contributed by atoms with Crippen molar-refractivity contribution in [2.45, 2.75) is 64.0 Å². The van der Waals surface area contributed by atoms with Crippen molar-refractivity contribution in [2.24, 2.45) is 5.92 Å². The Kier molecular flexibility index (Phi) is 5.91. The number of rotatable bonds is 4. The van der Waals surface area contributed by atoms with Gasteiger partial charge < -0.3 is 15.4 Å². The van der Waals surface area contributed by atoms with E-state index in [1.165, 1.54) is 25.7 Å². The number of urea groups is 1. The minimum atomic E-state index is -0.109. The minimum Gasteiger partial charge on any atom is -0.381 e. The molecule has 0 radical (unpaired) electrons. The summed E-state index contributed by atoms with van der Waals surface area (Å²) in [5.41, 5.74) is 0.767. The summed E-state index contributed by atoms with van der Waals surface area (Å²) < 4.78 is 7.31. The van der Waals surface area contributed by atoms with Gasteiger partial charge in [0, 0.05) is 32.0 Å². The predicted octanol–water partition coefficient (Wildman–Crippen LogP) is 3.15. The maximum atomic E-state index is 12.1. The highest BCUT2D eigenvalue weighted by atomic mass is 16.5. The zero-order chi connectivity index (χ0) is 15.9. The number of hydrogen-bond donors (Lipinski definition) is 2. The maximum absolute atomic E-state index is 12.1. The molecular weight excluding hydrogens is 292 g/mol. The van der Waals surface area contributed by atoms with Crippen molar-refractivity contribution in [1.82, 2.24) is 15.1 Å². The maximum Gasteiger partial charge on any atom is 0.319 e. The van der Waals surface area contributed by atoms with Gasteiger partial charge in [0.25, 0.3) is 0 Å². The molecule has 0 unspecified atom stereocenters. The van der Waals surface area contributed by atoms with Crippen molar-refractivity contribution in [2.75, 3.05) is 18.5 Å². The Hall–Kier alpha value is -1.56. The van der Waals surface area contributed by atoms with Crippen molar-refractivity contribution in [3.8, 4) is 0 Å². The number of nitrogens with one attached hydrogen (secondary N) is 2. The van der Waals surface area contributed by atoms with Crippen LogP contribution in [0.25, 0.3) is 0 Å². The summed E-state index contributed by atoms with van der Waals surface area (Å²) in [5.74, 6) is 0.622. The van der Waals surface area contributed by atoms with Crippen LogP contribution in [0.1, 0.15) is 51.4 Å². The second-order valence-electron chi connectivity index (χ2n) is 6.79. The zero-order valence-corrected chi connectivity index (χ0v) is 13.8. The smallest absolute Gasteiger partial charge is 0.319 e. The lowest BCUT2D eigenvalue weighted by Gasteiger charge is -2.21. The number of amides is 2. The predicted molar refractivity (Wildman–Crippen MR) is 89.4 cm³/mol. The highest BCUT2D eigenvalue weighted by Gasteiger charge is 2.16. The van der Waals surface area contributed by atoms with Gasteiger partial charge in [0.15, 0.2) is 0 Å². The summed E-state index contributed by atoms with van der Waals surface area (Å²) in [7, 11) is 0. The molecule has 0 spiro atoms. The van der Waals surface area contributed by atoms with Crippen molar-refractivity contribution in [3.05, 3.63) is 12.4 Å². The quantitative estimate of drug-likeness (QED) is 0.837. The molecule has 1 aromatic rings. The van der Waals surface area contributed by atoms with Crippen molar-refractivity contribution in [3.63, 3.8) is 0 Å². The Labute approximate surface area is 138 Å². The number of carbonyl (C=O) groups is 1. The lowest BCUT2D eigenvalue weighted by Crippen LogP contribution is -2.37. The molecule has 0 bridgehead atoms. The fraction of sp³-hybridized carbons (Fsp3) is 0.765. The number of carbonyl (C=O) groups excluding carboxylic acids is 1. The highest BCUT2D eigenvalue weighted by Crippen LogP contribution is 2.18. The molecule has 1 saturated carbocycles. The van der Waals surface area contributed by atoms with Crippen LogP contribution >= 0.6 is 0 Å². The topological polar surface area (TPSA) is 68.2 Å². The van der Waals surface area contributed by atoms with E-state index in [1.807, 2.05) is 10.9 Å². The molecule has 1 aliphatic carbocycles. The average Bonchev–Trinajstić information content (AvgIpc) is 2.82. The van der Waals surface area contributed by atoms with Crippen molar-refractivity contribution < 1.29 is 9.53 Å². The summed E-state index contributed by atoms with van der Waals surface area (Å²) in [6.45, 7) is 2.59. The van der Waals surface area contributed by atoms with Gasteiger partial charge in [0.2, 0.25) is 0 Å². The second-order valence-corrected chi connectivity index (χ2v) is 6.79. The van der Waals surface area contributed by atoms with E-state index >= 15 is 0 Å². The van der Waals surface area contributed by atoms with E-state index in [1.54, 1.807) is 6.20 Å². The molecular formula is C17H28N4O2. The molecule has 2 fully saturated rings. The Bertz CT molecular complexity index is 489. The molecule has 2 amide bonds. The molecule has 0 atom stereocenters. The van der Waals surface area contributed by atoms with Crippen LogP contribution in [0.15, 0.2) is 12.4 Å². The van der Waals surface area contributed by atoms with Crippen LogP contribution in [0.5, 0.6) is 0 Å². The summed E-state index contributed by atoms with van der Waals surface area (Å²) in [5, 5.41) is 10.4. The van der Waals surface area contributed by atoms with Crippen molar-refractivity contribution in [1.29, 1.82) is 0 Å². The minimum absolute atomic E-state index is 0.109. The molecule has 6 heteroatoms. The lowest BCUT2D eigenvalue weighted by atomic mass is 10.0. The highest BCUT2D eigenvalue weighted by molar-refractivity contribution is 5.89. The van der Waals surface area contributed by atoms with Crippen LogP contribution in [0, 0.1) is 5.92 Å². The lowest BCUT2D eigenvalue weighted by molar-refractivity contribution is 0.0601. The van der Waals surface area contributed by atoms with Gasteiger partial charge >= 0.3 is 6.03 Å². The van der Waals surface area contributed by atoms with E-state index in [9.17, 15) is 4.79 Å². The van der Waals surface area contributed by atoms with Crippen molar-refractivity contribution >= 4 is 11.7 Å². The Morgan fingerprint density at radius 1 is 1.17 bits per heavy atom. The number of aromatic nitrogens is 2. The number of hydrogen-bond acceptors (Lipinski definition) is 3. The zero-order valence-electron chi connectivity index (χ0n) is 13.8. The first-order valence-electron chi connectivity index (χ1n) is 8.97. The third kappa shape index (κ3) is 5.23. The first-order chi connectivity index (χ1) is 11.3. The van der Waals surface area contributed by atoms with E-state index in [-0.39, 0.29) is 6.03 Å².